The summed E-state index contributed by atoms with van der Waals surface area (Å²) < 4.78 is 0. The number of aromatic carboxylic acids is 1. The monoisotopic (exact) mass is 196 g/mol. The van der Waals surface area contributed by atoms with Gasteiger partial charge in [-0.05, 0) is 18.2 Å². The summed E-state index contributed by atoms with van der Waals surface area (Å²) in [6, 6.07) is 8.55. The molecule has 1 aromatic carbocycles. The number of carboxylic acid groups (broad SMARTS) is 1. The molecule has 0 aliphatic heterocycles. The van der Waals surface area contributed by atoms with Crippen LogP contribution in [0.25, 0.3) is 10.9 Å². The van der Waals surface area contributed by atoms with Crippen LogP contribution < -0.4 is 0 Å². The number of rotatable bonds is 1. The molecule has 0 amide bonds. The Bertz CT molecular complexity index is 465. The minimum atomic E-state index is -0.918. The van der Waals surface area contributed by atoms with Gasteiger partial charge in [-0.15, -0.1) is 0 Å². The van der Waals surface area contributed by atoms with Gasteiger partial charge in [0.25, 0.3) is 0 Å². The Morgan fingerprint density at radius 1 is 1.21 bits per heavy atom. The van der Waals surface area contributed by atoms with Crippen molar-refractivity contribution in [1.82, 2.24) is 4.98 Å². The van der Waals surface area contributed by atoms with Gasteiger partial charge in [0.2, 0.25) is 0 Å². The maximum absolute atomic E-state index is 10.8. The van der Waals surface area contributed by atoms with Crippen LogP contribution in [-0.4, -0.2) is 45.6 Å². The zero-order valence-electron chi connectivity index (χ0n) is 7.77. The Kier molecular flexibility index (Phi) is 3.63. The van der Waals surface area contributed by atoms with E-state index >= 15 is 0 Å². The molecular weight excluding hydrogens is 189 g/mol. The van der Waals surface area contributed by atoms with E-state index < -0.39 is 5.97 Å². The van der Waals surface area contributed by atoms with Gasteiger partial charge < -0.3 is 5.11 Å². The van der Waals surface area contributed by atoms with Gasteiger partial charge in [-0.2, -0.15) is 0 Å². The standard InChI is InChI=1S/C10H7NO2.Na/c12-10(13)8-3-1-5-9-7(8)4-2-6-11-9;/h1-6H,(H,12,13);. The topological polar surface area (TPSA) is 50.2 Å². The molecule has 0 fully saturated rings. The van der Waals surface area contributed by atoms with Crippen LogP contribution >= 0.6 is 0 Å². The first kappa shape index (κ1) is 11.2. The fraction of sp³-hybridized carbons (Fsp3) is 0. The van der Waals surface area contributed by atoms with E-state index in [1.54, 1.807) is 36.5 Å². The molecule has 0 bridgehead atoms. The first-order valence-electron chi connectivity index (χ1n) is 3.86. The van der Waals surface area contributed by atoms with Crippen LogP contribution in [0.3, 0.4) is 0 Å². The number of fused-ring (bicyclic) bond motifs is 1. The molecule has 1 aromatic heterocycles. The minimum absolute atomic E-state index is 0. The van der Waals surface area contributed by atoms with E-state index in [9.17, 15) is 4.79 Å². The fourth-order valence-corrected chi connectivity index (χ4v) is 1.29. The summed E-state index contributed by atoms with van der Waals surface area (Å²) >= 11 is 0. The summed E-state index contributed by atoms with van der Waals surface area (Å²) in [5.41, 5.74) is 1.01. The molecule has 0 saturated heterocycles. The Hall–Kier alpha value is -0.900. The molecule has 3 nitrogen and oxygen atoms in total. The molecule has 4 heteroatoms. The first-order chi connectivity index (χ1) is 6.29. The number of hydrogen-bond acceptors (Lipinski definition) is 2. The second-order valence-corrected chi connectivity index (χ2v) is 2.68. The Morgan fingerprint density at radius 3 is 2.71 bits per heavy atom. The minimum Gasteiger partial charge on any atom is -0.478 e. The Labute approximate surface area is 103 Å². The van der Waals surface area contributed by atoms with E-state index in [1.165, 1.54) is 0 Å². The third-order valence-electron chi connectivity index (χ3n) is 1.88. The molecule has 0 saturated carbocycles. The van der Waals surface area contributed by atoms with Gasteiger partial charge in [0.05, 0.1) is 11.1 Å². The van der Waals surface area contributed by atoms with Gasteiger partial charge in [-0.1, -0.05) is 12.1 Å². The summed E-state index contributed by atoms with van der Waals surface area (Å²) in [4.78, 5) is 14.8. The number of hydrogen-bond donors (Lipinski definition) is 1. The van der Waals surface area contributed by atoms with E-state index in [1.807, 2.05) is 0 Å². The molecule has 0 aliphatic carbocycles. The van der Waals surface area contributed by atoms with Gasteiger partial charge in [-0.3, -0.25) is 4.98 Å². The van der Waals surface area contributed by atoms with E-state index in [2.05, 4.69) is 4.98 Å². The van der Waals surface area contributed by atoms with Crippen molar-refractivity contribution in [3.8, 4) is 0 Å². The molecule has 2 aromatic rings. The number of pyridine rings is 1. The van der Waals surface area contributed by atoms with Gasteiger partial charge >= 0.3 is 5.97 Å². The van der Waals surface area contributed by atoms with Crippen molar-refractivity contribution < 1.29 is 9.90 Å². The van der Waals surface area contributed by atoms with E-state index in [0.29, 0.717) is 16.5 Å². The summed E-state index contributed by atoms with van der Waals surface area (Å²) in [7, 11) is 0. The van der Waals surface area contributed by atoms with Crippen LogP contribution in [0.1, 0.15) is 10.4 Å². The molecule has 1 N–H and O–H groups in total. The maximum Gasteiger partial charge on any atom is 0.336 e. The first-order valence-corrected chi connectivity index (χ1v) is 3.86. The molecule has 0 unspecified atom stereocenters. The molecule has 14 heavy (non-hydrogen) atoms. The zero-order chi connectivity index (χ0) is 9.26. The van der Waals surface area contributed by atoms with E-state index in [4.69, 9.17) is 5.11 Å². The third kappa shape index (κ3) is 1.95. The predicted molar refractivity (Wildman–Crippen MR) is 54.5 cm³/mol. The molecule has 65 valence electrons. The normalized spacial score (nSPS) is 9.43. The van der Waals surface area contributed by atoms with Crippen molar-refractivity contribution >= 4 is 46.4 Å². The van der Waals surface area contributed by atoms with Crippen molar-refractivity contribution in [2.75, 3.05) is 0 Å². The third-order valence-corrected chi connectivity index (χ3v) is 1.88. The van der Waals surface area contributed by atoms with E-state index in [0.717, 1.165) is 0 Å². The summed E-state index contributed by atoms with van der Waals surface area (Å²) in [5.74, 6) is -0.918. The van der Waals surface area contributed by atoms with Crippen molar-refractivity contribution in [1.29, 1.82) is 0 Å². The van der Waals surface area contributed by atoms with Crippen LogP contribution in [0.4, 0.5) is 0 Å². The number of nitrogens with zero attached hydrogens (tertiary/aromatic N) is 1. The number of aromatic nitrogens is 1. The van der Waals surface area contributed by atoms with Gasteiger partial charge in [0.1, 0.15) is 0 Å². The largest absolute Gasteiger partial charge is 0.478 e. The van der Waals surface area contributed by atoms with Crippen LogP contribution in [0.15, 0.2) is 36.5 Å². The molecule has 2 rings (SSSR count). The smallest absolute Gasteiger partial charge is 0.336 e. The van der Waals surface area contributed by atoms with Crippen LogP contribution in [-0.2, 0) is 0 Å². The summed E-state index contributed by atoms with van der Waals surface area (Å²) in [6.07, 6.45) is 1.65. The van der Waals surface area contributed by atoms with Crippen molar-refractivity contribution in [2.24, 2.45) is 0 Å². The maximum atomic E-state index is 10.8. The molecule has 0 aliphatic rings. The molecule has 1 radical (unpaired) electrons. The second kappa shape index (κ2) is 4.55. The fourth-order valence-electron chi connectivity index (χ4n) is 1.29. The predicted octanol–water partition coefficient (Wildman–Crippen LogP) is 1.55. The van der Waals surface area contributed by atoms with Crippen LogP contribution in [0.2, 0.25) is 0 Å². The average molecular weight is 196 g/mol. The van der Waals surface area contributed by atoms with Crippen molar-refractivity contribution in [3.05, 3.63) is 42.1 Å². The quantitative estimate of drug-likeness (QED) is 0.704. The Balaban J connectivity index is 0.000000980. The van der Waals surface area contributed by atoms with E-state index in [-0.39, 0.29) is 29.6 Å². The van der Waals surface area contributed by atoms with Crippen LogP contribution in [0.5, 0.6) is 0 Å². The zero-order valence-corrected chi connectivity index (χ0v) is 9.77. The SMILES string of the molecule is O=C(O)c1cccc2ncccc12.[Na]. The van der Waals surface area contributed by atoms with Gasteiger partial charge in [-0.25, -0.2) is 4.79 Å². The second-order valence-electron chi connectivity index (χ2n) is 2.68. The Morgan fingerprint density at radius 2 is 2.00 bits per heavy atom. The molecule has 1 heterocycles. The molecule has 0 atom stereocenters. The molecular formula is C10H7NNaO2. The average Bonchev–Trinajstić information content (AvgIpc) is 2.17. The number of carbonyl (C=O) groups is 1. The number of benzene rings is 1. The van der Waals surface area contributed by atoms with Gasteiger partial charge in [0.15, 0.2) is 0 Å². The van der Waals surface area contributed by atoms with Crippen molar-refractivity contribution in [3.63, 3.8) is 0 Å². The summed E-state index contributed by atoms with van der Waals surface area (Å²) in [5, 5.41) is 9.53. The van der Waals surface area contributed by atoms with Crippen molar-refractivity contribution in [2.45, 2.75) is 0 Å². The summed E-state index contributed by atoms with van der Waals surface area (Å²) in [6.45, 7) is 0. The van der Waals surface area contributed by atoms with Gasteiger partial charge in [0, 0.05) is 41.1 Å². The van der Waals surface area contributed by atoms with Crippen LogP contribution in [0, 0.1) is 0 Å². The number of carboxylic acids is 1. The molecule has 0 spiro atoms.